The molecule has 0 aromatic heterocycles. The average molecular weight is 524 g/mol. The smallest absolute Gasteiger partial charge is 0.352 e. The minimum atomic E-state index is -0.624. The number of carbonyl (C=O) groups is 3. The van der Waals surface area contributed by atoms with Crippen molar-refractivity contribution in [2.24, 2.45) is 5.92 Å². The van der Waals surface area contributed by atoms with Crippen LogP contribution in [0.2, 0.25) is 0 Å². The van der Waals surface area contributed by atoms with Crippen LogP contribution in [-0.2, 0) is 22.7 Å². The summed E-state index contributed by atoms with van der Waals surface area (Å²) in [5.41, 5.74) is 2.29. The highest BCUT2D eigenvalue weighted by Gasteiger charge is 2.30. The van der Waals surface area contributed by atoms with Gasteiger partial charge >= 0.3 is 11.7 Å². The fourth-order valence-electron chi connectivity index (χ4n) is 4.55. The third kappa shape index (κ3) is 5.43. The number of carbonyl (C=O) groups excluding carboxylic acids is 3. The molecule has 4 rings (SSSR count). The Morgan fingerprint density at radius 3 is 2.53 bits per heavy atom. The summed E-state index contributed by atoms with van der Waals surface area (Å²) in [6.45, 7) is 8.26. The molecule has 0 spiro atoms. The van der Waals surface area contributed by atoms with Gasteiger partial charge in [-0.3, -0.25) is 24.3 Å². The van der Waals surface area contributed by atoms with Crippen LogP contribution in [0.1, 0.15) is 44.2 Å². The van der Waals surface area contributed by atoms with Crippen molar-refractivity contribution in [1.29, 1.82) is 0 Å². The van der Waals surface area contributed by atoms with E-state index in [4.69, 9.17) is 0 Å². The molecule has 3 heterocycles. The summed E-state index contributed by atoms with van der Waals surface area (Å²) in [4.78, 5) is 72.5. The summed E-state index contributed by atoms with van der Waals surface area (Å²) < 4.78 is 2.87. The van der Waals surface area contributed by atoms with Gasteiger partial charge in [0, 0.05) is 26.2 Å². The second-order valence-corrected chi connectivity index (χ2v) is 9.85. The van der Waals surface area contributed by atoms with E-state index >= 15 is 0 Å². The number of aryl methyl sites for hydroxylation is 2. The number of imide groups is 1. The number of amides is 4. The Balaban J connectivity index is 1.62. The van der Waals surface area contributed by atoms with Crippen LogP contribution in [0.15, 0.2) is 21.7 Å². The van der Waals surface area contributed by atoms with Gasteiger partial charge in [0.15, 0.2) is 11.5 Å². The first-order valence-electron chi connectivity index (χ1n) is 12.9. The van der Waals surface area contributed by atoms with Crippen LogP contribution in [0.4, 0.5) is 4.79 Å². The summed E-state index contributed by atoms with van der Waals surface area (Å²) >= 11 is 0. The maximum Gasteiger partial charge on any atom is 0.352 e. The molecule has 4 amide bonds. The standard InChI is InChI=1S/C26H33N7O5/c1-5-6-7-9-33-24(36)21-22(29-26(33)38)32(19-12-16(3)15(2)11-18(19)28-21)10-8-27-20(34)14-31-13-17(4)23(35)30-25(31)37/h11-12,17H,5-10,13-14H2,1-4H3,(H,27,34)(H,30,35,37). The lowest BCUT2D eigenvalue weighted by Crippen LogP contribution is -2.56. The molecule has 3 aliphatic rings. The zero-order chi connectivity index (χ0) is 27.6. The van der Waals surface area contributed by atoms with Crippen LogP contribution in [0.5, 0.6) is 0 Å². The molecule has 38 heavy (non-hydrogen) atoms. The molecule has 0 bridgehead atoms. The average Bonchev–Trinajstić information content (AvgIpc) is 2.86. The fraction of sp³-hybridized carbons (Fsp3) is 0.500. The Morgan fingerprint density at radius 2 is 1.79 bits per heavy atom. The lowest BCUT2D eigenvalue weighted by molar-refractivity contribution is -0.127. The van der Waals surface area contributed by atoms with E-state index in [1.165, 1.54) is 4.90 Å². The van der Waals surface area contributed by atoms with E-state index < -0.39 is 29.1 Å². The van der Waals surface area contributed by atoms with Gasteiger partial charge in [0.1, 0.15) is 6.54 Å². The number of urea groups is 1. The van der Waals surface area contributed by atoms with E-state index in [-0.39, 0.29) is 50.1 Å². The number of benzene rings is 1. The Labute approximate surface area is 219 Å². The zero-order valence-electron chi connectivity index (χ0n) is 22.2. The van der Waals surface area contributed by atoms with Crippen molar-refractivity contribution in [2.75, 3.05) is 19.6 Å². The number of hydrogen-bond donors (Lipinski definition) is 2. The largest absolute Gasteiger partial charge is 0.353 e. The lowest BCUT2D eigenvalue weighted by Gasteiger charge is -2.29. The molecular weight excluding hydrogens is 490 g/mol. The van der Waals surface area contributed by atoms with Crippen molar-refractivity contribution in [3.8, 4) is 11.5 Å². The number of hydrogen-bond acceptors (Lipinski definition) is 7. The fourth-order valence-corrected chi connectivity index (χ4v) is 4.55. The molecule has 12 nitrogen and oxygen atoms in total. The first-order valence-corrected chi connectivity index (χ1v) is 12.9. The van der Waals surface area contributed by atoms with E-state index in [1.807, 2.05) is 32.9 Å². The maximum atomic E-state index is 13.3. The number of fused-ring (bicyclic) bond motifs is 2. The van der Waals surface area contributed by atoms with Crippen LogP contribution < -0.4 is 21.9 Å². The minimum absolute atomic E-state index is 0.104. The summed E-state index contributed by atoms with van der Waals surface area (Å²) in [5, 5.41) is 5.01. The van der Waals surface area contributed by atoms with Crippen LogP contribution in [0.25, 0.3) is 22.6 Å². The van der Waals surface area contributed by atoms with Crippen molar-refractivity contribution >= 4 is 28.9 Å². The molecule has 1 saturated heterocycles. The molecule has 12 heteroatoms. The van der Waals surface area contributed by atoms with Crippen LogP contribution in [0, 0.1) is 19.8 Å². The van der Waals surface area contributed by atoms with Crippen LogP contribution in [0.3, 0.4) is 0 Å². The van der Waals surface area contributed by atoms with Gasteiger partial charge in [-0.05, 0) is 43.5 Å². The van der Waals surface area contributed by atoms with Crippen LogP contribution in [-0.4, -0.2) is 61.5 Å². The van der Waals surface area contributed by atoms with E-state index in [0.29, 0.717) is 17.5 Å². The van der Waals surface area contributed by atoms with Gasteiger partial charge in [-0.15, -0.1) is 0 Å². The molecular formula is C26H33N7O5. The summed E-state index contributed by atoms with van der Waals surface area (Å²) in [6, 6.07) is 3.22. The highest BCUT2D eigenvalue weighted by molar-refractivity contribution is 5.99. The van der Waals surface area contributed by atoms with Crippen LogP contribution >= 0.6 is 0 Å². The van der Waals surface area contributed by atoms with E-state index in [0.717, 1.165) is 28.5 Å². The predicted molar refractivity (Wildman–Crippen MR) is 141 cm³/mol. The summed E-state index contributed by atoms with van der Waals surface area (Å²) in [7, 11) is 0. The van der Waals surface area contributed by atoms with Gasteiger partial charge in [0.05, 0.1) is 17.0 Å². The molecule has 0 radical (unpaired) electrons. The van der Waals surface area contributed by atoms with Gasteiger partial charge in [-0.25, -0.2) is 14.6 Å². The topological polar surface area (TPSA) is 148 Å². The summed E-state index contributed by atoms with van der Waals surface area (Å²) in [6.07, 6.45) is 2.54. The Hall–Kier alpha value is -4.09. The van der Waals surface area contributed by atoms with Crippen molar-refractivity contribution in [2.45, 2.75) is 60.0 Å². The second-order valence-electron chi connectivity index (χ2n) is 9.85. The van der Waals surface area contributed by atoms with Crippen molar-refractivity contribution < 1.29 is 14.4 Å². The van der Waals surface area contributed by atoms with Gasteiger partial charge < -0.3 is 14.8 Å². The Morgan fingerprint density at radius 1 is 1.05 bits per heavy atom. The molecule has 1 atom stereocenters. The molecule has 0 aliphatic carbocycles. The monoisotopic (exact) mass is 523 g/mol. The van der Waals surface area contributed by atoms with Crippen molar-refractivity contribution in [3.05, 3.63) is 44.1 Å². The first kappa shape index (κ1) is 27.0. The van der Waals surface area contributed by atoms with Crippen molar-refractivity contribution in [3.63, 3.8) is 0 Å². The Kier molecular flexibility index (Phi) is 7.88. The molecule has 2 N–H and O–H groups in total. The highest BCUT2D eigenvalue weighted by Crippen LogP contribution is 2.23. The molecule has 202 valence electrons. The minimum Gasteiger partial charge on any atom is -0.353 e. The normalized spacial score (nSPS) is 15.8. The van der Waals surface area contributed by atoms with Gasteiger partial charge in [-0.1, -0.05) is 26.7 Å². The second kappa shape index (κ2) is 11.1. The molecule has 1 aromatic rings. The van der Waals surface area contributed by atoms with E-state index in [2.05, 4.69) is 20.6 Å². The van der Waals surface area contributed by atoms with Crippen molar-refractivity contribution in [1.82, 2.24) is 34.6 Å². The Bertz CT molecular complexity index is 1490. The van der Waals surface area contributed by atoms with Gasteiger partial charge in [-0.2, -0.15) is 4.98 Å². The number of unbranched alkanes of at least 4 members (excludes halogenated alkanes) is 2. The molecule has 1 unspecified atom stereocenters. The first-order chi connectivity index (χ1) is 18.1. The number of aromatic nitrogens is 4. The third-order valence-electron chi connectivity index (χ3n) is 6.90. The molecule has 0 saturated carbocycles. The SMILES string of the molecule is CCCCCn1c(=O)nc2n(CCNC(=O)CN3CC(C)C(=O)NC3=O)c3cc(C)c(C)cc3nc-2c1=O. The van der Waals surface area contributed by atoms with E-state index in [1.54, 1.807) is 11.5 Å². The lowest BCUT2D eigenvalue weighted by atomic mass is 10.1. The van der Waals surface area contributed by atoms with Gasteiger partial charge in [0.25, 0.3) is 5.56 Å². The molecule has 1 fully saturated rings. The number of nitrogens with zero attached hydrogens (tertiary/aromatic N) is 5. The number of nitrogens with one attached hydrogen (secondary N) is 2. The molecule has 1 aromatic carbocycles. The third-order valence-corrected chi connectivity index (χ3v) is 6.90. The quantitative estimate of drug-likeness (QED) is 0.316. The predicted octanol–water partition coefficient (Wildman–Crippen LogP) is 1.17. The van der Waals surface area contributed by atoms with E-state index in [9.17, 15) is 24.0 Å². The zero-order valence-corrected chi connectivity index (χ0v) is 22.2. The molecule has 3 aliphatic heterocycles. The van der Waals surface area contributed by atoms with Gasteiger partial charge in [0.2, 0.25) is 11.8 Å². The number of rotatable bonds is 9. The summed E-state index contributed by atoms with van der Waals surface area (Å²) in [5.74, 6) is -0.998. The highest BCUT2D eigenvalue weighted by atomic mass is 16.2. The maximum absolute atomic E-state index is 13.3.